The molecule has 0 aliphatic carbocycles. The summed E-state index contributed by atoms with van der Waals surface area (Å²) in [6.07, 6.45) is 6.09. The van der Waals surface area contributed by atoms with E-state index in [1.165, 1.54) is 4.90 Å². The fourth-order valence-corrected chi connectivity index (χ4v) is 4.88. The van der Waals surface area contributed by atoms with Gasteiger partial charge in [-0.3, -0.25) is 19.7 Å². The molecule has 0 aromatic carbocycles. The maximum atomic E-state index is 12.5. The van der Waals surface area contributed by atoms with Gasteiger partial charge in [0.15, 0.2) is 18.2 Å². The van der Waals surface area contributed by atoms with Crippen molar-refractivity contribution < 1.29 is 23.8 Å². The van der Waals surface area contributed by atoms with Crippen molar-refractivity contribution >= 4 is 23.6 Å². The van der Waals surface area contributed by atoms with Crippen LogP contribution in [0.1, 0.15) is 18.5 Å². The number of hydrogen-bond donors (Lipinski definition) is 2. The first kappa shape index (κ1) is 25.9. The van der Waals surface area contributed by atoms with E-state index >= 15 is 0 Å². The molecule has 6 heterocycles. The number of likely N-dealkylation sites (N-methyl/N-ethyl adjacent to an activating group) is 1. The molecule has 0 spiro atoms. The van der Waals surface area contributed by atoms with E-state index in [1.807, 2.05) is 12.1 Å². The van der Waals surface area contributed by atoms with Crippen molar-refractivity contribution in [1.82, 2.24) is 30.2 Å². The molecule has 2 fully saturated rings. The number of pyridine rings is 2. The highest BCUT2D eigenvalue weighted by molar-refractivity contribution is 5.95. The molecule has 2 N–H and O–H groups in total. The Balaban J connectivity index is 0.997. The van der Waals surface area contributed by atoms with Crippen molar-refractivity contribution in [3.63, 3.8) is 0 Å². The summed E-state index contributed by atoms with van der Waals surface area (Å²) in [6.45, 7) is 3.38. The molecule has 3 aliphatic heterocycles. The van der Waals surface area contributed by atoms with E-state index in [9.17, 15) is 9.59 Å². The van der Waals surface area contributed by atoms with Gasteiger partial charge in [-0.2, -0.15) is 0 Å². The van der Waals surface area contributed by atoms with Gasteiger partial charge >= 0.3 is 6.09 Å². The number of carbonyl (C=O) groups excluding carboxylic acids is 2. The summed E-state index contributed by atoms with van der Waals surface area (Å²) in [7, 11) is 2.08. The summed E-state index contributed by atoms with van der Waals surface area (Å²) < 4.78 is 16.9. The van der Waals surface area contributed by atoms with Gasteiger partial charge in [0.2, 0.25) is 5.88 Å². The second-order valence-electron chi connectivity index (χ2n) is 10.0. The Morgan fingerprint density at radius 1 is 1.18 bits per heavy atom. The lowest BCUT2D eigenvalue weighted by molar-refractivity contribution is -0.118. The van der Waals surface area contributed by atoms with Crippen molar-refractivity contribution in [1.29, 1.82) is 0 Å². The van der Waals surface area contributed by atoms with Gasteiger partial charge in [0.1, 0.15) is 18.0 Å². The van der Waals surface area contributed by atoms with Crippen LogP contribution in [0.2, 0.25) is 0 Å². The molecule has 2 atom stereocenters. The second kappa shape index (κ2) is 11.4. The van der Waals surface area contributed by atoms with E-state index in [2.05, 4.69) is 42.5 Å². The highest BCUT2D eigenvalue weighted by Gasteiger charge is 2.33. The molecule has 3 aromatic rings. The second-order valence-corrected chi connectivity index (χ2v) is 10.0. The molecule has 2 saturated heterocycles. The average Bonchev–Trinajstić information content (AvgIpc) is 3.55. The Kier molecular flexibility index (Phi) is 7.38. The lowest BCUT2D eigenvalue weighted by atomic mass is 10.1. The van der Waals surface area contributed by atoms with E-state index in [1.54, 1.807) is 30.7 Å². The van der Waals surface area contributed by atoms with Gasteiger partial charge in [-0.15, -0.1) is 0 Å². The monoisotopic (exact) mass is 546 g/mol. The van der Waals surface area contributed by atoms with Crippen LogP contribution in [0.5, 0.6) is 11.6 Å². The third kappa shape index (κ3) is 5.95. The van der Waals surface area contributed by atoms with E-state index in [4.69, 9.17) is 14.2 Å². The molecule has 0 bridgehead atoms. The van der Waals surface area contributed by atoms with Gasteiger partial charge in [0.05, 0.1) is 30.3 Å². The van der Waals surface area contributed by atoms with Gasteiger partial charge < -0.3 is 29.7 Å². The lowest BCUT2D eigenvalue weighted by Crippen LogP contribution is -2.29. The fraction of sp³-hybridized carbons (Fsp3) is 0.407. The third-order valence-corrected chi connectivity index (χ3v) is 6.92. The number of nitrogens with zero attached hydrogens (tertiary/aromatic N) is 6. The van der Waals surface area contributed by atoms with Gasteiger partial charge in [-0.1, -0.05) is 0 Å². The minimum atomic E-state index is -0.470. The van der Waals surface area contributed by atoms with Crippen LogP contribution in [0.4, 0.5) is 16.4 Å². The van der Waals surface area contributed by atoms with Crippen LogP contribution in [0.3, 0.4) is 0 Å². The number of cyclic esters (lactones) is 1. The Bertz CT molecular complexity index is 1400. The maximum absolute atomic E-state index is 12.5. The Labute approximate surface area is 230 Å². The first-order chi connectivity index (χ1) is 19.5. The Hall–Kier alpha value is -4.36. The normalized spacial score (nSPS) is 20.6. The third-order valence-electron chi connectivity index (χ3n) is 6.92. The Morgan fingerprint density at radius 2 is 2.10 bits per heavy atom. The zero-order valence-electron chi connectivity index (χ0n) is 22.1. The van der Waals surface area contributed by atoms with Crippen LogP contribution in [-0.4, -0.2) is 88.9 Å². The standard InChI is InChI=1S/C27H30N8O5/c1-34-9-6-20(14-34)39-25-13-29-12-21(31-25)17-4-8-30-18(10-17)11-28-7-5-19-15-35(27(37)40-19)23-3-2-22-26(32-23)33-24(36)16-38-22/h2-4,8,10,12-13,19-20,28H,5-7,9,11,14-16H2,1H3,(H,32,33,36). The number of nitrogens with one attached hydrogen (secondary N) is 2. The van der Waals surface area contributed by atoms with Crippen molar-refractivity contribution in [2.24, 2.45) is 0 Å². The summed E-state index contributed by atoms with van der Waals surface area (Å²) in [6, 6.07) is 7.24. The number of anilines is 2. The summed E-state index contributed by atoms with van der Waals surface area (Å²) in [5, 5.41) is 6.02. The summed E-state index contributed by atoms with van der Waals surface area (Å²) in [4.78, 5) is 45.5. The quantitative estimate of drug-likeness (QED) is 0.380. The number of carbonyl (C=O) groups is 2. The molecule has 3 aliphatic rings. The van der Waals surface area contributed by atoms with Crippen molar-refractivity contribution in [3.8, 4) is 22.9 Å². The summed E-state index contributed by atoms with van der Waals surface area (Å²) in [5.74, 6) is 1.42. The molecule has 0 radical (unpaired) electrons. The predicted octanol–water partition coefficient (Wildman–Crippen LogP) is 1.85. The minimum absolute atomic E-state index is 0.0521. The highest BCUT2D eigenvalue weighted by atomic mass is 16.6. The number of hydrogen-bond acceptors (Lipinski definition) is 11. The molecule has 2 unspecified atom stereocenters. The predicted molar refractivity (Wildman–Crippen MR) is 144 cm³/mol. The van der Waals surface area contributed by atoms with E-state index in [0.717, 1.165) is 36.5 Å². The van der Waals surface area contributed by atoms with Gasteiger partial charge in [0, 0.05) is 31.4 Å². The molecule has 40 heavy (non-hydrogen) atoms. The number of fused-ring (bicyclic) bond motifs is 1. The van der Waals surface area contributed by atoms with Crippen LogP contribution in [-0.2, 0) is 16.1 Å². The fourth-order valence-electron chi connectivity index (χ4n) is 4.88. The SMILES string of the molecule is CN1CCC(Oc2cncc(-c3ccnc(CNCCC4CN(c5ccc6c(n5)NC(=O)CO6)C(=O)O4)c3)n2)C1. The maximum Gasteiger partial charge on any atom is 0.415 e. The van der Waals surface area contributed by atoms with E-state index < -0.39 is 6.09 Å². The first-order valence-electron chi connectivity index (χ1n) is 13.3. The molecular weight excluding hydrogens is 516 g/mol. The van der Waals surface area contributed by atoms with Gasteiger partial charge in [-0.25, -0.2) is 14.8 Å². The zero-order chi connectivity index (χ0) is 27.5. The van der Waals surface area contributed by atoms with Crippen molar-refractivity contribution in [3.05, 3.63) is 48.5 Å². The summed E-state index contributed by atoms with van der Waals surface area (Å²) >= 11 is 0. The number of rotatable bonds is 9. The van der Waals surface area contributed by atoms with Crippen molar-refractivity contribution in [2.75, 3.05) is 50.1 Å². The minimum Gasteiger partial charge on any atom is -0.480 e. The molecule has 6 rings (SSSR count). The highest BCUT2D eigenvalue weighted by Crippen LogP contribution is 2.30. The summed E-state index contributed by atoms with van der Waals surface area (Å²) in [5.41, 5.74) is 2.50. The van der Waals surface area contributed by atoms with E-state index in [0.29, 0.717) is 49.3 Å². The smallest absolute Gasteiger partial charge is 0.415 e. The number of ether oxygens (including phenoxy) is 3. The lowest BCUT2D eigenvalue weighted by Gasteiger charge is -2.19. The molecule has 3 aromatic heterocycles. The van der Waals surface area contributed by atoms with Crippen LogP contribution in [0.15, 0.2) is 42.9 Å². The van der Waals surface area contributed by atoms with Crippen molar-refractivity contribution in [2.45, 2.75) is 31.6 Å². The van der Waals surface area contributed by atoms with E-state index in [-0.39, 0.29) is 24.7 Å². The van der Waals surface area contributed by atoms with Crippen LogP contribution in [0, 0.1) is 0 Å². The number of amides is 2. The Morgan fingerprint density at radius 3 is 2.98 bits per heavy atom. The van der Waals surface area contributed by atoms with Gasteiger partial charge in [0.25, 0.3) is 5.91 Å². The molecule has 13 nitrogen and oxygen atoms in total. The molecule has 0 saturated carbocycles. The molecule has 2 amide bonds. The number of aromatic nitrogens is 4. The zero-order valence-corrected chi connectivity index (χ0v) is 22.1. The average molecular weight is 547 g/mol. The van der Waals surface area contributed by atoms with Crippen LogP contribution >= 0.6 is 0 Å². The number of likely N-dealkylation sites (tertiary alicyclic amines) is 1. The van der Waals surface area contributed by atoms with Gasteiger partial charge in [-0.05, 0) is 50.7 Å². The topological polar surface area (TPSA) is 144 Å². The molecular formula is C27H30N8O5. The van der Waals surface area contributed by atoms with Crippen LogP contribution < -0.4 is 25.0 Å². The molecule has 13 heteroatoms. The first-order valence-corrected chi connectivity index (χ1v) is 13.3. The molecule has 208 valence electrons. The largest absolute Gasteiger partial charge is 0.480 e. The van der Waals surface area contributed by atoms with Crippen LogP contribution in [0.25, 0.3) is 11.3 Å².